The summed E-state index contributed by atoms with van der Waals surface area (Å²) < 4.78 is 15.9. The second kappa shape index (κ2) is 8.69. The second-order valence-corrected chi connectivity index (χ2v) is 6.51. The van der Waals surface area contributed by atoms with Gasteiger partial charge in [0.2, 0.25) is 0 Å². The lowest BCUT2D eigenvalue weighted by Gasteiger charge is -2.34. The number of hydrogen-bond acceptors (Lipinski definition) is 5. The molecule has 1 unspecified atom stereocenters. The molecule has 0 saturated carbocycles. The fourth-order valence-corrected chi connectivity index (χ4v) is 3.40. The van der Waals surface area contributed by atoms with Gasteiger partial charge in [-0.1, -0.05) is 18.2 Å². The van der Waals surface area contributed by atoms with Crippen molar-refractivity contribution in [2.24, 2.45) is 0 Å². The Bertz CT molecular complexity index is 861. The first kappa shape index (κ1) is 19.6. The first-order valence-corrected chi connectivity index (χ1v) is 9.29. The van der Waals surface area contributed by atoms with Gasteiger partial charge in [0.05, 0.1) is 26.9 Å². The molecular formula is C22H26N2O4. The van der Waals surface area contributed by atoms with E-state index >= 15 is 0 Å². The summed E-state index contributed by atoms with van der Waals surface area (Å²) in [4.78, 5) is 14.3. The summed E-state index contributed by atoms with van der Waals surface area (Å²) in [5.74, 6) is 1.52. The summed E-state index contributed by atoms with van der Waals surface area (Å²) in [5.41, 5.74) is 9.90. The van der Waals surface area contributed by atoms with E-state index in [1.54, 1.807) is 19.1 Å². The van der Waals surface area contributed by atoms with E-state index in [2.05, 4.69) is 6.08 Å². The quantitative estimate of drug-likeness (QED) is 0.782. The lowest BCUT2D eigenvalue weighted by Crippen LogP contribution is -2.37. The number of carbonyl (C=O) groups excluding carboxylic acids is 1. The molecule has 6 heteroatoms. The SMILES string of the molecule is CCOC(=O)N1CCC(c2cc(OC)ccc2N)=CC1c1ccc(OC)cc1. The van der Waals surface area contributed by atoms with Gasteiger partial charge >= 0.3 is 6.09 Å². The summed E-state index contributed by atoms with van der Waals surface area (Å²) >= 11 is 0. The van der Waals surface area contributed by atoms with Gasteiger partial charge in [0.1, 0.15) is 11.5 Å². The molecule has 28 heavy (non-hydrogen) atoms. The molecule has 148 valence electrons. The predicted molar refractivity (Wildman–Crippen MR) is 109 cm³/mol. The minimum absolute atomic E-state index is 0.251. The number of methoxy groups -OCH3 is 2. The molecule has 0 aliphatic carbocycles. The summed E-state index contributed by atoms with van der Waals surface area (Å²) in [6.45, 7) is 2.69. The van der Waals surface area contributed by atoms with Crippen molar-refractivity contribution in [3.05, 3.63) is 59.7 Å². The maximum absolute atomic E-state index is 12.5. The summed E-state index contributed by atoms with van der Waals surface area (Å²) in [7, 11) is 3.26. The molecule has 0 spiro atoms. The van der Waals surface area contributed by atoms with Crippen LogP contribution in [-0.2, 0) is 4.74 Å². The average Bonchev–Trinajstić information content (AvgIpc) is 2.74. The largest absolute Gasteiger partial charge is 0.497 e. The summed E-state index contributed by atoms with van der Waals surface area (Å²) in [5, 5.41) is 0. The zero-order valence-corrected chi connectivity index (χ0v) is 16.5. The van der Waals surface area contributed by atoms with Gasteiger partial charge in [0.15, 0.2) is 0 Å². The standard InChI is InChI=1S/C22H26N2O4/c1-4-28-22(25)24-12-11-16(19-14-18(27-3)9-10-20(19)23)13-21(24)15-5-7-17(26-2)8-6-15/h5-10,13-14,21H,4,11-12,23H2,1-3H3. The fraction of sp³-hybridized carbons (Fsp3) is 0.318. The lowest BCUT2D eigenvalue weighted by atomic mass is 9.91. The normalized spacial score (nSPS) is 16.3. The van der Waals surface area contributed by atoms with E-state index in [4.69, 9.17) is 19.9 Å². The zero-order valence-electron chi connectivity index (χ0n) is 16.5. The summed E-state index contributed by atoms with van der Waals surface area (Å²) in [6.07, 6.45) is 2.44. The Balaban J connectivity index is 2.02. The highest BCUT2D eigenvalue weighted by molar-refractivity contribution is 5.79. The van der Waals surface area contributed by atoms with Gasteiger partial charge in [0, 0.05) is 17.8 Å². The monoisotopic (exact) mass is 382 g/mol. The van der Waals surface area contributed by atoms with Gasteiger partial charge in [-0.15, -0.1) is 0 Å². The molecule has 0 bridgehead atoms. The number of rotatable bonds is 5. The molecule has 0 fully saturated rings. The second-order valence-electron chi connectivity index (χ2n) is 6.51. The van der Waals surface area contributed by atoms with Crippen molar-refractivity contribution < 1.29 is 19.0 Å². The minimum atomic E-state index is -0.322. The molecule has 1 atom stereocenters. The number of hydrogen-bond donors (Lipinski definition) is 1. The number of benzene rings is 2. The zero-order chi connectivity index (χ0) is 20.1. The van der Waals surface area contributed by atoms with Crippen LogP contribution in [-0.4, -0.2) is 38.4 Å². The van der Waals surface area contributed by atoms with Gasteiger partial charge in [-0.05, 0) is 54.8 Å². The number of nitrogens with two attached hydrogens (primary N) is 1. The van der Waals surface area contributed by atoms with E-state index in [1.165, 1.54) is 0 Å². The Hall–Kier alpha value is -3.15. The van der Waals surface area contributed by atoms with E-state index < -0.39 is 0 Å². The van der Waals surface area contributed by atoms with Crippen molar-refractivity contribution in [1.29, 1.82) is 0 Å². The Morgan fingerprint density at radius 1 is 1.11 bits per heavy atom. The van der Waals surface area contributed by atoms with Crippen molar-refractivity contribution >= 4 is 17.4 Å². The molecule has 2 aromatic carbocycles. The molecule has 0 radical (unpaired) electrons. The lowest BCUT2D eigenvalue weighted by molar-refractivity contribution is 0.0968. The molecule has 6 nitrogen and oxygen atoms in total. The molecule has 1 amide bonds. The van der Waals surface area contributed by atoms with Gasteiger partial charge in [-0.2, -0.15) is 0 Å². The number of anilines is 1. The molecule has 2 aromatic rings. The molecule has 0 aromatic heterocycles. The first-order chi connectivity index (χ1) is 13.6. The van der Waals surface area contributed by atoms with E-state index in [0.717, 1.165) is 28.2 Å². The Morgan fingerprint density at radius 3 is 2.43 bits per heavy atom. The molecule has 1 aliphatic rings. The maximum atomic E-state index is 12.5. The Kier molecular flexibility index (Phi) is 6.09. The molecule has 1 heterocycles. The van der Waals surface area contributed by atoms with Crippen molar-refractivity contribution in [3.8, 4) is 11.5 Å². The van der Waals surface area contributed by atoms with E-state index in [9.17, 15) is 4.79 Å². The van der Waals surface area contributed by atoms with E-state index in [-0.39, 0.29) is 12.1 Å². The molecule has 3 rings (SSSR count). The van der Waals surface area contributed by atoms with Crippen molar-refractivity contribution in [3.63, 3.8) is 0 Å². The number of nitrogens with zero attached hydrogens (tertiary/aromatic N) is 1. The van der Waals surface area contributed by atoms with Gasteiger partial charge in [-0.3, -0.25) is 4.90 Å². The van der Waals surface area contributed by atoms with E-state index in [1.807, 2.05) is 49.4 Å². The van der Waals surface area contributed by atoms with Crippen LogP contribution in [0.1, 0.15) is 30.5 Å². The van der Waals surface area contributed by atoms with Crippen LogP contribution in [0, 0.1) is 0 Å². The van der Waals surface area contributed by atoms with Crippen LogP contribution >= 0.6 is 0 Å². The first-order valence-electron chi connectivity index (χ1n) is 9.29. The highest BCUT2D eigenvalue weighted by atomic mass is 16.6. The summed E-state index contributed by atoms with van der Waals surface area (Å²) in [6, 6.07) is 13.1. The number of nitrogen functional groups attached to an aromatic ring is 1. The topological polar surface area (TPSA) is 74.0 Å². The third kappa shape index (κ3) is 4.06. The van der Waals surface area contributed by atoms with Gasteiger partial charge in [-0.25, -0.2) is 4.79 Å². The molecule has 2 N–H and O–H groups in total. The third-order valence-corrected chi connectivity index (χ3v) is 4.88. The maximum Gasteiger partial charge on any atom is 0.410 e. The number of carbonyl (C=O) groups is 1. The third-order valence-electron chi connectivity index (χ3n) is 4.88. The van der Waals surface area contributed by atoms with Crippen LogP contribution in [0.2, 0.25) is 0 Å². The molecule has 1 aliphatic heterocycles. The number of ether oxygens (including phenoxy) is 3. The molecular weight excluding hydrogens is 356 g/mol. The fourth-order valence-electron chi connectivity index (χ4n) is 3.40. The van der Waals surface area contributed by atoms with Crippen LogP contribution < -0.4 is 15.2 Å². The minimum Gasteiger partial charge on any atom is -0.497 e. The van der Waals surface area contributed by atoms with Gasteiger partial charge in [0.25, 0.3) is 0 Å². The average molecular weight is 382 g/mol. The van der Waals surface area contributed by atoms with Crippen molar-refractivity contribution in [1.82, 2.24) is 4.90 Å². The van der Waals surface area contributed by atoms with Crippen LogP contribution in [0.3, 0.4) is 0 Å². The highest BCUT2D eigenvalue weighted by Gasteiger charge is 2.29. The Morgan fingerprint density at radius 2 is 1.79 bits per heavy atom. The molecule has 0 saturated heterocycles. The van der Waals surface area contributed by atoms with Crippen LogP contribution in [0.5, 0.6) is 11.5 Å². The van der Waals surface area contributed by atoms with Crippen LogP contribution in [0.15, 0.2) is 48.5 Å². The Labute approximate surface area is 165 Å². The van der Waals surface area contributed by atoms with Crippen LogP contribution in [0.4, 0.5) is 10.5 Å². The predicted octanol–water partition coefficient (Wildman–Crippen LogP) is 4.27. The smallest absolute Gasteiger partial charge is 0.410 e. The van der Waals surface area contributed by atoms with Gasteiger partial charge < -0.3 is 19.9 Å². The van der Waals surface area contributed by atoms with Crippen molar-refractivity contribution in [2.45, 2.75) is 19.4 Å². The van der Waals surface area contributed by atoms with Crippen molar-refractivity contribution in [2.75, 3.05) is 33.1 Å². The highest BCUT2D eigenvalue weighted by Crippen LogP contribution is 2.37. The number of amides is 1. The van der Waals surface area contributed by atoms with Crippen LogP contribution in [0.25, 0.3) is 5.57 Å². The van der Waals surface area contributed by atoms with E-state index in [0.29, 0.717) is 25.3 Å².